The Kier molecular flexibility index (Phi) is 12.3. The Morgan fingerprint density at radius 2 is 1.57 bits per heavy atom. The van der Waals surface area contributed by atoms with Crippen molar-refractivity contribution in [2.24, 2.45) is 5.73 Å². The Labute approximate surface area is 251 Å². The SMILES string of the molecule is Cc1cc(C#Cc2cnc3c(c2)OCCN3)cnc1-n1c(CC(CN)=C(F)F)n[nH]c1=O.O=C(O)C(F)(F)F.O=C(O)C(F)(F)F. The highest BCUT2D eigenvalue weighted by atomic mass is 19.4. The number of pyridine rings is 2. The lowest BCUT2D eigenvalue weighted by molar-refractivity contribution is -0.193. The first-order valence-electron chi connectivity index (χ1n) is 12.2. The van der Waals surface area contributed by atoms with Crippen molar-refractivity contribution in [2.75, 3.05) is 25.0 Å². The molecule has 3 aromatic rings. The van der Waals surface area contributed by atoms with Gasteiger partial charge < -0.3 is 26.0 Å². The number of carboxylic acids is 2. The highest BCUT2D eigenvalue weighted by molar-refractivity contribution is 5.73. The van der Waals surface area contributed by atoms with Crippen LogP contribution in [-0.2, 0) is 16.0 Å². The molecule has 0 amide bonds. The molecule has 1 aliphatic rings. The number of aromatic amines is 1. The fourth-order valence-electron chi connectivity index (χ4n) is 3.17. The van der Waals surface area contributed by atoms with E-state index in [1.807, 2.05) is 0 Å². The van der Waals surface area contributed by atoms with Crippen LogP contribution in [-0.4, -0.2) is 78.9 Å². The van der Waals surface area contributed by atoms with Crippen LogP contribution in [0.15, 0.2) is 41.0 Å². The van der Waals surface area contributed by atoms with Gasteiger partial charge in [0.25, 0.3) is 6.08 Å². The fraction of sp³-hybridized carbons (Fsp3) is 0.280. The topological polar surface area (TPSA) is 198 Å². The lowest BCUT2D eigenvalue weighted by atomic mass is 10.1. The normalized spacial score (nSPS) is 11.9. The van der Waals surface area contributed by atoms with Gasteiger partial charge in [0.15, 0.2) is 11.6 Å². The maximum Gasteiger partial charge on any atom is 0.490 e. The molecule has 3 aromatic heterocycles. The number of aryl methyl sites for hydroxylation is 1. The van der Waals surface area contributed by atoms with E-state index in [9.17, 15) is 39.9 Å². The van der Waals surface area contributed by atoms with Crippen LogP contribution in [0.5, 0.6) is 5.75 Å². The van der Waals surface area contributed by atoms with Gasteiger partial charge in [0.1, 0.15) is 18.2 Å². The summed E-state index contributed by atoms with van der Waals surface area (Å²) < 4.78 is 96.2. The second-order valence-electron chi connectivity index (χ2n) is 8.59. The number of anilines is 1. The molecule has 0 atom stereocenters. The third kappa shape index (κ3) is 10.6. The number of rotatable bonds is 4. The van der Waals surface area contributed by atoms with Crippen molar-refractivity contribution in [3.63, 3.8) is 0 Å². The third-order valence-corrected chi connectivity index (χ3v) is 5.23. The Hall–Kier alpha value is -5.52. The summed E-state index contributed by atoms with van der Waals surface area (Å²) in [4.78, 5) is 38.7. The van der Waals surface area contributed by atoms with E-state index in [1.165, 1.54) is 6.20 Å². The lowest BCUT2D eigenvalue weighted by Crippen LogP contribution is -2.21. The number of halogens is 8. The smallest absolute Gasteiger partial charge is 0.488 e. The predicted molar refractivity (Wildman–Crippen MR) is 140 cm³/mol. The van der Waals surface area contributed by atoms with E-state index in [0.29, 0.717) is 41.4 Å². The molecule has 13 nitrogen and oxygen atoms in total. The number of hydrogen-bond donors (Lipinski definition) is 5. The van der Waals surface area contributed by atoms with Crippen LogP contribution < -0.4 is 21.5 Å². The van der Waals surface area contributed by atoms with Crippen LogP contribution in [0.25, 0.3) is 5.82 Å². The molecule has 21 heteroatoms. The molecule has 0 spiro atoms. The molecule has 0 aliphatic carbocycles. The molecular weight excluding hydrogens is 646 g/mol. The molecule has 0 fully saturated rings. The van der Waals surface area contributed by atoms with E-state index in [4.69, 9.17) is 30.3 Å². The van der Waals surface area contributed by atoms with Gasteiger partial charge in [0, 0.05) is 48.1 Å². The molecule has 0 saturated heterocycles. The van der Waals surface area contributed by atoms with Crippen molar-refractivity contribution < 1.29 is 59.7 Å². The van der Waals surface area contributed by atoms with Gasteiger partial charge in [-0.1, -0.05) is 11.8 Å². The third-order valence-electron chi connectivity index (χ3n) is 5.23. The average Bonchev–Trinajstić information content (AvgIpc) is 3.33. The number of aromatic nitrogens is 5. The zero-order chi connectivity index (χ0) is 34.8. The molecule has 4 heterocycles. The van der Waals surface area contributed by atoms with Gasteiger partial charge in [-0.15, -0.1) is 0 Å². The van der Waals surface area contributed by atoms with Gasteiger partial charge in [-0.2, -0.15) is 40.2 Å². The van der Waals surface area contributed by atoms with Gasteiger partial charge in [-0.3, -0.25) is 0 Å². The van der Waals surface area contributed by atoms with E-state index >= 15 is 0 Å². The van der Waals surface area contributed by atoms with Gasteiger partial charge in [0.2, 0.25) is 0 Å². The van der Waals surface area contributed by atoms with Crippen molar-refractivity contribution in [1.82, 2.24) is 24.7 Å². The molecule has 1 aliphatic heterocycles. The number of carboxylic acid groups (broad SMARTS) is 2. The molecule has 4 rings (SSSR count). The minimum Gasteiger partial charge on any atom is -0.488 e. The number of nitrogens with zero attached hydrogens (tertiary/aromatic N) is 4. The molecule has 0 saturated carbocycles. The number of fused-ring (bicyclic) bond motifs is 1. The highest BCUT2D eigenvalue weighted by Crippen LogP contribution is 2.25. The van der Waals surface area contributed by atoms with E-state index in [1.54, 1.807) is 25.3 Å². The van der Waals surface area contributed by atoms with Crippen LogP contribution >= 0.6 is 0 Å². The summed E-state index contributed by atoms with van der Waals surface area (Å²) in [6, 6.07) is 3.55. The summed E-state index contributed by atoms with van der Waals surface area (Å²) in [5, 5.41) is 23.5. The molecule has 0 unspecified atom stereocenters. The maximum absolute atomic E-state index is 13.0. The van der Waals surface area contributed by atoms with E-state index in [-0.39, 0.29) is 30.2 Å². The van der Waals surface area contributed by atoms with Gasteiger partial charge in [-0.05, 0) is 18.6 Å². The van der Waals surface area contributed by atoms with Crippen molar-refractivity contribution in [3.05, 3.63) is 69.2 Å². The monoisotopic (exact) mass is 667 g/mol. The summed E-state index contributed by atoms with van der Waals surface area (Å²) in [5.74, 6) is 2.20. The van der Waals surface area contributed by atoms with Crippen molar-refractivity contribution in [3.8, 4) is 23.4 Å². The van der Waals surface area contributed by atoms with Crippen LogP contribution in [0.4, 0.5) is 40.9 Å². The highest BCUT2D eigenvalue weighted by Gasteiger charge is 2.38. The number of hydrogen-bond acceptors (Lipinski definition) is 9. The van der Waals surface area contributed by atoms with Crippen molar-refractivity contribution >= 4 is 17.8 Å². The summed E-state index contributed by atoms with van der Waals surface area (Å²) >= 11 is 0. The zero-order valence-corrected chi connectivity index (χ0v) is 23.1. The summed E-state index contributed by atoms with van der Waals surface area (Å²) in [7, 11) is 0. The van der Waals surface area contributed by atoms with E-state index in [2.05, 4.69) is 37.3 Å². The van der Waals surface area contributed by atoms with Gasteiger partial charge >= 0.3 is 30.0 Å². The largest absolute Gasteiger partial charge is 0.490 e. The quantitative estimate of drug-likeness (QED) is 0.203. The number of H-pyrrole nitrogens is 1. The second-order valence-corrected chi connectivity index (χ2v) is 8.59. The zero-order valence-electron chi connectivity index (χ0n) is 23.1. The van der Waals surface area contributed by atoms with Gasteiger partial charge in [0.05, 0.1) is 6.54 Å². The average molecular weight is 667 g/mol. The molecule has 6 N–H and O–H groups in total. The van der Waals surface area contributed by atoms with Crippen molar-refractivity contribution in [1.29, 1.82) is 0 Å². The number of nitrogens with two attached hydrogens (primary N) is 1. The molecule has 0 bridgehead atoms. The first-order valence-corrected chi connectivity index (χ1v) is 12.2. The summed E-state index contributed by atoms with van der Waals surface area (Å²) in [5.41, 5.74) is 6.40. The Morgan fingerprint density at radius 3 is 2.07 bits per heavy atom. The van der Waals surface area contributed by atoms with E-state index in [0.717, 1.165) is 4.57 Å². The van der Waals surface area contributed by atoms with Crippen LogP contribution in [0.1, 0.15) is 22.5 Å². The molecule has 46 heavy (non-hydrogen) atoms. The van der Waals surface area contributed by atoms with E-state index < -0.39 is 36.1 Å². The minimum atomic E-state index is -5.08. The standard InChI is InChI=1S/C21H19F2N7O2.2C2HF3O2/c1-12-6-13(2-3-14-7-16-19(26-10-14)25-4-5-32-16)11-27-20(12)30-17(28-29-21(30)31)8-15(9-24)18(22)23;2*3-2(4,5)1(6)7/h6-7,10-11H,4-5,8-9,24H2,1H3,(H,25,26)(H,29,31);2*(H,6,7). The number of nitrogens with one attached hydrogen (secondary N) is 2. The number of carbonyl (C=O) groups is 2. The molecular formula is C25H21F8N7O6. The summed E-state index contributed by atoms with van der Waals surface area (Å²) in [6.45, 7) is 2.66. The molecule has 0 aromatic carbocycles. The van der Waals surface area contributed by atoms with Crippen LogP contribution in [0.2, 0.25) is 0 Å². The molecule has 0 radical (unpaired) electrons. The fourth-order valence-corrected chi connectivity index (χ4v) is 3.17. The first-order chi connectivity index (χ1) is 21.3. The number of alkyl halides is 6. The van der Waals surface area contributed by atoms with Gasteiger partial charge in [-0.25, -0.2) is 34.0 Å². The Bertz CT molecular complexity index is 1690. The van der Waals surface area contributed by atoms with Crippen molar-refractivity contribution in [2.45, 2.75) is 25.7 Å². The Morgan fingerprint density at radius 1 is 1.02 bits per heavy atom. The predicted octanol–water partition coefficient (Wildman–Crippen LogP) is 2.78. The van der Waals surface area contributed by atoms with Crippen LogP contribution in [0, 0.1) is 18.8 Å². The number of ether oxygens (including phenoxy) is 1. The first kappa shape index (κ1) is 36.7. The van der Waals surface area contributed by atoms with Crippen LogP contribution in [0.3, 0.4) is 0 Å². The maximum atomic E-state index is 13.0. The number of aliphatic carboxylic acids is 2. The summed E-state index contributed by atoms with van der Waals surface area (Å²) in [6.07, 6.45) is -9.19. The minimum absolute atomic E-state index is 0.0893. The second kappa shape index (κ2) is 15.5. The Balaban J connectivity index is 0.000000440. The molecule has 248 valence electrons. The lowest BCUT2D eigenvalue weighted by Gasteiger charge is -2.17.